The van der Waals surface area contributed by atoms with E-state index in [1.807, 2.05) is 44.2 Å². The molecule has 0 aliphatic rings. The molecule has 0 unspecified atom stereocenters. The Morgan fingerprint density at radius 2 is 1.71 bits per heavy atom. The van der Waals surface area contributed by atoms with E-state index in [4.69, 9.17) is 9.47 Å². The van der Waals surface area contributed by atoms with Crippen LogP contribution < -0.4 is 10.1 Å². The Morgan fingerprint density at radius 3 is 2.42 bits per heavy atom. The van der Waals surface area contributed by atoms with Crippen molar-refractivity contribution < 1.29 is 19.1 Å². The fourth-order valence-corrected chi connectivity index (χ4v) is 2.04. The van der Waals surface area contributed by atoms with Gasteiger partial charge in [0.2, 0.25) is 0 Å². The maximum atomic E-state index is 11.9. The van der Waals surface area contributed by atoms with Crippen molar-refractivity contribution in [2.45, 2.75) is 13.8 Å². The first kappa shape index (κ1) is 17.5. The van der Waals surface area contributed by atoms with E-state index in [9.17, 15) is 9.59 Å². The van der Waals surface area contributed by atoms with Crippen molar-refractivity contribution in [3.63, 3.8) is 0 Å². The lowest BCUT2D eigenvalue weighted by molar-refractivity contribution is -0.143. The molecule has 0 saturated heterocycles. The monoisotopic (exact) mass is 327 g/mol. The molecule has 0 bridgehead atoms. The predicted molar refractivity (Wildman–Crippen MR) is 91.1 cm³/mol. The van der Waals surface area contributed by atoms with Gasteiger partial charge in [0, 0.05) is 5.56 Å². The topological polar surface area (TPSA) is 64.6 Å². The summed E-state index contributed by atoms with van der Waals surface area (Å²) in [6, 6.07) is 14.8. The average Bonchev–Trinajstić information content (AvgIpc) is 2.58. The Balaban J connectivity index is 1.64. The van der Waals surface area contributed by atoms with E-state index in [1.54, 1.807) is 18.2 Å². The molecule has 2 aromatic rings. The molecule has 1 N–H and O–H groups in total. The maximum absolute atomic E-state index is 11.9. The first-order chi connectivity index (χ1) is 11.5. The molecule has 126 valence electrons. The molecule has 2 aromatic carbocycles. The largest absolute Gasteiger partial charge is 0.490 e. The molecule has 5 nitrogen and oxygen atoms in total. The van der Waals surface area contributed by atoms with Crippen molar-refractivity contribution in [2.24, 2.45) is 0 Å². The molecule has 5 heteroatoms. The summed E-state index contributed by atoms with van der Waals surface area (Å²) in [5, 5.41) is 2.54. The van der Waals surface area contributed by atoms with Crippen molar-refractivity contribution >= 4 is 11.9 Å². The predicted octanol–water partition coefficient (Wildman–Crippen LogP) is 2.66. The Kier molecular flexibility index (Phi) is 6.37. The van der Waals surface area contributed by atoms with Crippen molar-refractivity contribution in [3.05, 3.63) is 65.2 Å². The van der Waals surface area contributed by atoms with Crippen molar-refractivity contribution in [3.8, 4) is 5.75 Å². The first-order valence-corrected chi connectivity index (χ1v) is 7.74. The van der Waals surface area contributed by atoms with E-state index >= 15 is 0 Å². The number of aryl methyl sites for hydroxylation is 2. The SMILES string of the molecule is Cc1ccc(OCCOC(=O)CNC(=O)c2cccc(C)c2)cc1. The molecule has 0 heterocycles. The molecule has 2 rings (SSSR count). The minimum atomic E-state index is -0.497. The van der Waals surface area contributed by atoms with E-state index in [0.717, 1.165) is 16.9 Å². The zero-order valence-electron chi connectivity index (χ0n) is 13.9. The fourth-order valence-electron chi connectivity index (χ4n) is 2.04. The number of amides is 1. The summed E-state index contributed by atoms with van der Waals surface area (Å²) in [5.74, 6) is -0.0699. The molecule has 0 aliphatic carbocycles. The molecule has 1 amide bonds. The number of ether oxygens (including phenoxy) is 2. The Hall–Kier alpha value is -2.82. The van der Waals surface area contributed by atoms with Gasteiger partial charge in [-0.05, 0) is 38.1 Å². The highest BCUT2D eigenvalue weighted by molar-refractivity contribution is 5.96. The summed E-state index contributed by atoms with van der Waals surface area (Å²) in [7, 11) is 0. The number of hydrogen-bond acceptors (Lipinski definition) is 4. The minimum Gasteiger partial charge on any atom is -0.490 e. The molecule has 0 aromatic heterocycles. The third-order valence-corrected chi connectivity index (χ3v) is 3.31. The smallest absolute Gasteiger partial charge is 0.325 e. The van der Waals surface area contributed by atoms with Crippen LogP contribution in [0.25, 0.3) is 0 Å². The molecule has 0 atom stereocenters. The average molecular weight is 327 g/mol. The van der Waals surface area contributed by atoms with Crippen LogP contribution in [-0.2, 0) is 9.53 Å². The van der Waals surface area contributed by atoms with E-state index < -0.39 is 5.97 Å². The van der Waals surface area contributed by atoms with Gasteiger partial charge in [0.15, 0.2) is 0 Å². The van der Waals surface area contributed by atoms with Crippen LogP contribution >= 0.6 is 0 Å². The van der Waals surface area contributed by atoms with E-state index in [-0.39, 0.29) is 25.7 Å². The van der Waals surface area contributed by atoms with Crippen LogP contribution in [0, 0.1) is 13.8 Å². The van der Waals surface area contributed by atoms with Crippen molar-refractivity contribution in [1.29, 1.82) is 0 Å². The van der Waals surface area contributed by atoms with Gasteiger partial charge in [-0.2, -0.15) is 0 Å². The highest BCUT2D eigenvalue weighted by Gasteiger charge is 2.08. The van der Waals surface area contributed by atoms with Crippen LogP contribution in [0.5, 0.6) is 5.75 Å². The van der Waals surface area contributed by atoms with Gasteiger partial charge < -0.3 is 14.8 Å². The third kappa shape index (κ3) is 5.76. The Bertz CT molecular complexity index is 695. The second kappa shape index (κ2) is 8.72. The van der Waals surface area contributed by atoms with Gasteiger partial charge in [0.1, 0.15) is 25.5 Å². The number of benzene rings is 2. The molecule has 0 fully saturated rings. The molecule has 0 saturated carbocycles. The summed E-state index contributed by atoms with van der Waals surface area (Å²) in [4.78, 5) is 23.5. The highest BCUT2D eigenvalue weighted by atomic mass is 16.6. The highest BCUT2D eigenvalue weighted by Crippen LogP contribution is 2.10. The second-order valence-corrected chi connectivity index (χ2v) is 5.43. The Morgan fingerprint density at radius 1 is 0.958 bits per heavy atom. The van der Waals surface area contributed by atoms with Gasteiger partial charge in [-0.1, -0.05) is 35.4 Å². The van der Waals surface area contributed by atoms with Crippen molar-refractivity contribution in [1.82, 2.24) is 5.32 Å². The zero-order chi connectivity index (χ0) is 17.4. The first-order valence-electron chi connectivity index (χ1n) is 7.74. The summed E-state index contributed by atoms with van der Waals surface area (Å²) in [5.41, 5.74) is 2.65. The lowest BCUT2D eigenvalue weighted by atomic mass is 10.1. The lowest BCUT2D eigenvalue weighted by Gasteiger charge is -2.08. The second-order valence-electron chi connectivity index (χ2n) is 5.43. The maximum Gasteiger partial charge on any atom is 0.325 e. The summed E-state index contributed by atoms with van der Waals surface area (Å²) >= 11 is 0. The van der Waals surface area contributed by atoms with Crippen LogP contribution in [-0.4, -0.2) is 31.6 Å². The van der Waals surface area contributed by atoms with Crippen LogP contribution in [0.4, 0.5) is 0 Å². The number of nitrogens with one attached hydrogen (secondary N) is 1. The summed E-state index contributed by atoms with van der Waals surface area (Å²) in [6.45, 7) is 4.13. The summed E-state index contributed by atoms with van der Waals surface area (Å²) < 4.78 is 10.5. The number of carbonyl (C=O) groups is 2. The van der Waals surface area contributed by atoms with Crippen LogP contribution in [0.15, 0.2) is 48.5 Å². The molecule has 24 heavy (non-hydrogen) atoms. The molecular formula is C19H21NO4. The minimum absolute atomic E-state index is 0.132. The molecular weight excluding hydrogens is 306 g/mol. The Labute approximate surface area is 141 Å². The number of carbonyl (C=O) groups excluding carboxylic acids is 2. The normalized spacial score (nSPS) is 10.1. The molecule has 0 aliphatic heterocycles. The van der Waals surface area contributed by atoms with Crippen LogP contribution in [0.2, 0.25) is 0 Å². The van der Waals surface area contributed by atoms with E-state index in [1.165, 1.54) is 0 Å². The number of hydrogen-bond donors (Lipinski definition) is 1. The van der Waals surface area contributed by atoms with E-state index in [2.05, 4.69) is 5.32 Å². The van der Waals surface area contributed by atoms with Gasteiger partial charge in [-0.3, -0.25) is 9.59 Å². The number of rotatable bonds is 7. The van der Waals surface area contributed by atoms with Crippen molar-refractivity contribution in [2.75, 3.05) is 19.8 Å². The standard InChI is InChI=1S/C19H21NO4/c1-14-6-8-17(9-7-14)23-10-11-24-18(21)13-20-19(22)16-5-3-4-15(2)12-16/h3-9,12H,10-11,13H2,1-2H3,(H,20,22). The zero-order valence-corrected chi connectivity index (χ0v) is 13.9. The summed E-state index contributed by atoms with van der Waals surface area (Å²) in [6.07, 6.45) is 0. The van der Waals surface area contributed by atoms with Gasteiger partial charge in [-0.15, -0.1) is 0 Å². The van der Waals surface area contributed by atoms with Gasteiger partial charge in [0.05, 0.1) is 0 Å². The van der Waals surface area contributed by atoms with Gasteiger partial charge in [-0.25, -0.2) is 0 Å². The third-order valence-electron chi connectivity index (χ3n) is 3.31. The quantitative estimate of drug-likeness (QED) is 0.627. The van der Waals surface area contributed by atoms with Crippen LogP contribution in [0.3, 0.4) is 0 Å². The molecule has 0 spiro atoms. The number of esters is 1. The van der Waals surface area contributed by atoms with E-state index in [0.29, 0.717) is 5.56 Å². The van der Waals surface area contributed by atoms with Gasteiger partial charge >= 0.3 is 5.97 Å². The van der Waals surface area contributed by atoms with Gasteiger partial charge in [0.25, 0.3) is 5.91 Å². The molecule has 0 radical (unpaired) electrons. The van der Waals surface area contributed by atoms with Crippen LogP contribution in [0.1, 0.15) is 21.5 Å². The fraction of sp³-hybridized carbons (Fsp3) is 0.263. The lowest BCUT2D eigenvalue weighted by Crippen LogP contribution is -2.31.